The highest BCUT2D eigenvalue weighted by atomic mass is 79.9. The van der Waals surface area contributed by atoms with Crippen LogP contribution in [0.25, 0.3) is 23.1 Å². The lowest BCUT2D eigenvalue weighted by molar-refractivity contribution is -0.384. The van der Waals surface area contributed by atoms with E-state index < -0.39 is 4.92 Å². The molecule has 0 amide bonds. The molecule has 1 aromatic carbocycles. The summed E-state index contributed by atoms with van der Waals surface area (Å²) in [4.78, 5) is 10.1. The van der Waals surface area contributed by atoms with Crippen LogP contribution in [-0.4, -0.2) is 15.1 Å². The van der Waals surface area contributed by atoms with Crippen LogP contribution in [-0.2, 0) is 0 Å². The standard InChI is InChI=1S/C12H5BrClN3O4/c13-10-4-3-9(20-10)12-16-15-11(21-12)7-2-1-6(17(18)19)5-8(7)14/h1-5H. The Morgan fingerprint density at radius 1 is 1.14 bits per heavy atom. The zero-order valence-electron chi connectivity index (χ0n) is 10.1. The molecule has 106 valence electrons. The summed E-state index contributed by atoms with van der Waals surface area (Å²) in [6, 6.07) is 7.35. The molecule has 0 fully saturated rings. The number of non-ortho nitro benzene ring substituents is 1. The van der Waals surface area contributed by atoms with Crippen LogP contribution in [0.2, 0.25) is 5.02 Å². The molecule has 21 heavy (non-hydrogen) atoms. The largest absolute Gasteiger partial charge is 0.444 e. The van der Waals surface area contributed by atoms with Gasteiger partial charge < -0.3 is 8.83 Å². The van der Waals surface area contributed by atoms with Gasteiger partial charge in [0.2, 0.25) is 5.89 Å². The molecule has 0 saturated carbocycles. The molecule has 0 atom stereocenters. The number of halogens is 2. The van der Waals surface area contributed by atoms with Gasteiger partial charge in [-0.2, -0.15) is 0 Å². The molecule has 0 spiro atoms. The van der Waals surface area contributed by atoms with Crippen LogP contribution in [0, 0.1) is 10.1 Å². The molecule has 2 aromatic heterocycles. The lowest BCUT2D eigenvalue weighted by Crippen LogP contribution is -1.88. The number of aromatic nitrogens is 2. The molecule has 3 aromatic rings. The van der Waals surface area contributed by atoms with Gasteiger partial charge in [-0.25, -0.2) is 0 Å². The van der Waals surface area contributed by atoms with Crippen LogP contribution >= 0.6 is 27.5 Å². The van der Waals surface area contributed by atoms with Crippen LogP contribution in [0.15, 0.2) is 43.8 Å². The zero-order chi connectivity index (χ0) is 15.0. The van der Waals surface area contributed by atoms with Crippen LogP contribution in [0.5, 0.6) is 0 Å². The molecular formula is C12H5BrClN3O4. The lowest BCUT2D eigenvalue weighted by Gasteiger charge is -1.98. The normalized spacial score (nSPS) is 10.8. The average Bonchev–Trinajstić information content (AvgIpc) is 3.07. The predicted molar refractivity (Wildman–Crippen MR) is 76.8 cm³/mol. The summed E-state index contributed by atoms with van der Waals surface area (Å²) in [5.41, 5.74) is 0.296. The van der Waals surface area contributed by atoms with Crippen molar-refractivity contribution >= 4 is 33.2 Å². The Balaban J connectivity index is 1.98. The molecule has 3 rings (SSSR count). The number of hydrogen-bond acceptors (Lipinski definition) is 6. The van der Waals surface area contributed by atoms with Crippen molar-refractivity contribution in [2.75, 3.05) is 0 Å². The number of furan rings is 1. The van der Waals surface area contributed by atoms with Gasteiger partial charge >= 0.3 is 0 Å². The summed E-state index contributed by atoms with van der Waals surface area (Å²) in [7, 11) is 0. The molecule has 0 aliphatic carbocycles. The van der Waals surface area contributed by atoms with Gasteiger partial charge in [-0.3, -0.25) is 10.1 Å². The molecule has 0 bridgehead atoms. The Labute approximate surface area is 130 Å². The number of benzene rings is 1. The van der Waals surface area contributed by atoms with Crippen molar-refractivity contribution in [3.8, 4) is 23.1 Å². The first kappa shape index (κ1) is 13.8. The fraction of sp³-hybridized carbons (Fsp3) is 0. The SMILES string of the molecule is O=[N+]([O-])c1ccc(-c2nnc(-c3ccc(Br)o3)o2)c(Cl)c1. The van der Waals surface area contributed by atoms with Crippen molar-refractivity contribution in [1.82, 2.24) is 10.2 Å². The fourth-order valence-electron chi connectivity index (χ4n) is 1.65. The van der Waals surface area contributed by atoms with Crippen LogP contribution in [0.3, 0.4) is 0 Å². The van der Waals surface area contributed by atoms with E-state index in [4.69, 9.17) is 20.4 Å². The molecule has 0 aliphatic rings. The monoisotopic (exact) mass is 369 g/mol. The zero-order valence-corrected chi connectivity index (χ0v) is 12.5. The minimum Gasteiger partial charge on any atom is -0.444 e. The van der Waals surface area contributed by atoms with E-state index in [1.807, 2.05) is 0 Å². The number of nitro benzene ring substituents is 1. The minimum atomic E-state index is -0.532. The molecule has 2 heterocycles. The van der Waals surface area contributed by atoms with Gasteiger partial charge in [0.1, 0.15) is 0 Å². The average molecular weight is 371 g/mol. The van der Waals surface area contributed by atoms with Crippen molar-refractivity contribution in [2.45, 2.75) is 0 Å². The van der Waals surface area contributed by atoms with E-state index in [-0.39, 0.29) is 22.5 Å². The molecule has 0 saturated heterocycles. The summed E-state index contributed by atoms with van der Waals surface area (Å²) >= 11 is 9.18. The van der Waals surface area contributed by atoms with E-state index in [1.54, 1.807) is 12.1 Å². The maximum absolute atomic E-state index is 10.7. The van der Waals surface area contributed by atoms with Crippen LogP contribution in [0.1, 0.15) is 0 Å². The van der Waals surface area contributed by atoms with E-state index in [1.165, 1.54) is 18.2 Å². The summed E-state index contributed by atoms with van der Waals surface area (Å²) in [5.74, 6) is 0.737. The molecule has 0 radical (unpaired) electrons. The minimum absolute atomic E-state index is 0.113. The third kappa shape index (κ3) is 2.67. The first-order valence-electron chi connectivity index (χ1n) is 5.58. The van der Waals surface area contributed by atoms with E-state index in [9.17, 15) is 10.1 Å². The molecule has 7 nitrogen and oxygen atoms in total. The first-order valence-corrected chi connectivity index (χ1v) is 6.75. The topological polar surface area (TPSA) is 95.2 Å². The quantitative estimate of drug-likeness (QED) is 0.503. The number of rotatable bonds is 3. The van der Waals surface area contributed by atoms with E-state index in [2.05, 4.69) is 26.1 Å². The van der Waals surface area contributed by atoms with Gasteiger partial charge in [0.15, 0.2) is 10.4 Å². The van der Waals surface area contributed by atoms with Crippen molar-refractivity contribution in [3.63, 3.8) is 0 Å². The number of nitro groups is 1. The Bertz CT molecular complexity index is 830. The van der Waals surface area contributed by atoms with Crippen molar-refractivity contribution in [1.29, 1.82) is 0 Å². The number of hydrogen-bond donors (Lipinski definition) is 0. The van der Waals surface area contributed by atoms with Crippen molar-refractivity contribution in [2.24, 2.45) is 0 Å². The molecular weight excluding hydrogens is 366 g/mol. The van der Waals surface area contributed by atoms with Gasteiger partial charge in [-0.15, -0.1) is 10.2 Å². The van der Waals surface area contributed by atoms with Gasteiger partial charge in [-0.05, 0) is 34.1 Å². The summed E-state index contributed by atoms with van der Waals surface area (Å²) in [6.45, 7) is 0. The van der Waals surface area contributed by atoms with E-state index >= 15 is 0 Å². The third-order valence-corrected chi connectivity index (χ3v) is 3.34. The second-order valence-electron chi connectivity index (χ2n) is 3.94. The lowest BCUT2D eigenvalue weighted by atomic mass is 10.2. The predicted octanol–water partition coefficient (Wildman–Crippen LogP) is 4.32. The fourth-order valence-corrected chi connectivity index (χ4v) is 2.21. The summed E-state index contributed by atoms with van der Waals surface area (Å²) in [6.07, 6.45) is 0. The van der Waals surface area contributed by atoms with Gasteiger partial charge in [-0.1, -0.05) is 11.6 Å². The van der Waals surface area contributed by atoms with Crippen molar-refractivity contribution in [3.05, 3.63) is 50.1 Å². The smallest absolute Gasteiger partial charge is 0.283 e. The maximum atomic E-state index is 10.7. The summed E-state index contributed by atoms with van der Waals surface area (Å²) < 4.78 is 11.3. The van der Waals surface area contributed by atoms with Crippen LogP contribution in [0.4, 0.5) is 5.69 Å². The second kappa shape index (κ2) is 5.30. The second-order valence-corrected chi connectivity index (χ2v) is 5.13. The molecule has 9 heteroatoms. The Kier molecular flexibility index (Phi) is 3.48. The van der Waals surface area contributed by atoms with Crippen molar-refractivity contribution < 1.29 is 13.8 Å². The molecule has 0 unspecified atom stereocenters. The van der Waals surface area contributed by atoms with Gasteiger partial charge in [0.05, 0.1) is 15.5 Å². The molecule has 0 aliphatic heterocycles. The Morgan fingerprint density at radius 2 is 1.90 bits per heavy atom. The number of nitrogens with zero attached hydrogens (tertiary/aromatic N) is 3. The van der Waals surface area contributed by atoms with E-state index in [0.29, 0.717) is 16.0 Å². The van der Waals surface area contributed by atoms with Gasteiger partial charge in [0.25, 0.3) is 11.6 Å². The van der Waals surface area contributed by atoms with Gasteiger partial charge in [0, 0.05) is 12.1 Å². The Morgan fingerprint density at radius 3 is 2.52 bits per heavy atom. The first-order chi connectivity index (χ1) is 10.0. The highest BCUT2D eigenvalue weighted by molar-refractivity contribution is 9.10. The maximum Gasteiger partial charge on any atom is 0.283 e. The summed E-state index contributed by atoms with van der Waals surface area (Å²) in [5, 5.41) is 18.5. The van der Waals surface area contributed by atoms with E-state index in [0.717, 1.165) is 0 Å². The highest BCUT2D eigenvalue weighted by Crippen LogP contribution is 2.32. The molecule has 0 N–H and O–H groups in total. The highest BCUT2D eigenvalue weighted by Gasteiger charge is 2.17. The Hall–Kier alpha value is -2.19. The van der Waals surface area contributed by atoms with Crippen LogP contribution < -0.4 is 0 Å². The third-order valence-electron chi connectivity index (χ3n) is 2.60.